The maximum Gasteiger partial charge on any atom is 0.325 e. The number of amides is 2. The van der Waals surface area contributed by atoms with Crippen LogP contribution in [0.25, 0.3) is 10.3 Å². The van der Waals surface area contributed by atoms with E-state index < -0.39 is 17.3 Å². The fourth-order valence-corrected chi connectivity index (χ4v) is 7.50. The number of aromatic hydroxyl groups is 1. The predicted molar refractivity (Wildman–Crippen MR) is 168 cm³/mol. The molecule has 6 rings (SSSR count). The Balaban J connectivity index is 1.30. The Morgan fingerprint density at radius 2 is 1.88 bits per heavy atom. The van der Waals surface area contributed by atoms with Crippen LogP contribution in [0.15, 0.2) is 42.5 Å². The van der Waals surface area contributed by atoms with E-state index in [1.54, 1.807) is 6.07 Å². The highest BCUT2D eigenvalue weighted by atomic mass is 35.5. The standard InChI is InChI=1S/C31H34ClFN6O2S/c1-18-9-10-21-27(34-18)42-29(36-21)37-28(41)35-20-7-5-6-8-22(20)39-17-31(11-13-38(14-12-31)16-30(2,3)4)24-25(32)19(33)15-23(40)26(24)39/h5-10,15,40H,11-14,16-17H2,1-4H3,(H2,35,36,37,41). The normalized spacial score (nSPS) is 16.7. The van der Waals surface area contributed by atoms with Crippen LogP contribution in [-0.2, 0) is 5.41 Å². The maximum atomic E-state index is 15.0. The van der Waals surface area contributed by atoms with Crippen LogP contribution in [-0.4, -0.2) is 52.2 Å². The number of hydrogen-bond acceptors (Lipinski definition) is 7. The van der Waals surface area contributed by atoms with Crippen molar-refractivity contribution in [3.63, 3.8) is 0 Å². The molecular weight excluding hydrogens is 575 g/mol. The number of rotatable bonds is 4. The molecule has 4 heterocycles. The summed E-state index contributed by atoms with van der Waals surface area (Å²) in [5, 5.41) is 17.3. The lowest BCUT2D eigenvalue weighted by Gasteiger charge is -2.42. The van der Waals surface area contributed by atoms with Crippen molar-refractivity contribution >= 4 is 61.5 Å². The number of hydrogen-bond donors (Lipinski definition) is 3. The van der Waals surface area contributed by atoms with Gasteiger partial charge in [-0.05, 0) is 62.5 Å². The molecular formula is C31H34ClFN6O2S. The number of aromatic nitrogens is 2. The molecule has 1 saturated heterocycles. The van der Waals surface area contributed by atoms with E-state index in [4.69, 9.17) is 11.6 Å². The van der Waals surface area contributed by atoms with E-state index in [-0.39, 0.29) is 16.2 Å². The third-order valence-electron chi connectivity index (χ3n) is 8.00. The van der Waals surface area contributed by atoms with Gasteiger partial charge in [0.1, 0.15) is 21.9 Å². The minimum Gasteiger partial charge on any atom is -0.506 e. The number of nitrogens with zero attached hydrogens (tertiary/aromatic N) is 4. The molecule has 2 amide bonds. The molecule has 0 aliphatic carbocycles. The summed E-state index contributed by atoms with van der Waals surface area (Å²) in [6.45, 7) is 11.7. The van der Waals surface area contributed by atoms with E-state index in [0.717, 1.165) is 49.1 Å². The van der Waals surface area contributed by atoms with E-state index in [0.29, 0.717) is 39.8 Å². The van der Waals surface area contributed by atoms with Gasteiger partial charge in [0.05, 0.1) is 22.1 Å². The molecule has 1 fully saturated rings. The van der Waals surface area contributed by atoms with Crippen molar-refractivity contribution in [2.45, 2.75) is 46.0 Å². The van der Waals surface area contributed by atoms with Crippen LogP contribution in [0.2, 0.25) is 5.02 Å². The monoisotopic (exact) mass is 608 g/mol. The zero-order valence-electron chi connectivity index (χ0n) is 24.1. The zero-order valence-corrected chi connectivity index (χ0v) is 25.7. The Kier molecular flexibility index (Phi) is 7.27. The number of pyridine rings is 1. The Morgan fingerprint density at radius 3 is 2.62 bits per heavy atom. The van der Waals surface area contributed by atoms with Crippen LogP contribution in [0.3, 0.4) is 0 Å². The molecule has 11 heteroatoms. The number of aryl methyl sites for hydroxylation is 1. The van der Waals surface area contributed by atoms with Crippen LogP contribution in [0.4, 0.5) is 31.4 Å². The van der Waals surface area contributed by atoms with Crippen molar-refractivity contribution in [1.29, 1.82) is 0 Å². The summed E-state index contributed by atoms with van der Waals surface area (Å²) in [4.78, 5) is 27.2. The molecule has 2 aromatic carbocycles. The van der Waals surface area contributed by atoms with Crippen molar-refractivity contribution < 1.29 is 14.3 Å². The van der Waals surface area contributed by atoms with Gasteiger partial charge >= 0.3 is 6.03 Å². The molecule has 3 N–H and O–H groups in total. The minimum atomic E-state index is -0.627. The molecule has 2 aromatic heterocycles. The summed E-state index contributed by atoms with van der Waals surface area (Å²) in [6, 6.07) is 11.8. The molecule has 0 bridgehead atoms. The van der Waals surface area contributed by atoms with Crippen molar-refractivity contribution in [3.8, 4) is 5.75 Å². The van der Waals surface area contributed by atoms with Gasteiger partial charge in [-0.1, -0.05) is 55.8 Å². The molecule has 2 aliphatic rings. The Bertz CT molecular complexity index is 1680. The van der Waals surface area contributed by atoms with Gasteiger partial charge in [0, 0.05) is 35.8 Å². The first-order valence-electron chi connectivity index (χ1n) is 14.1. The van der Waals surface area contributed by atoms with E-state index in [9.17, 15) is 14.3 Å². The van der Waals surface area contributed by atoms with Crippen molar-refractivity contribution in [2.75, 3.05) is 41.7 Å². The summed E-state index contributed by atoms with van der Waals surface area (Å²) in [5.74, 6) is -0.796. The summed E-state index contributed by atoms with van der Waals surface area (Å²) >= 11 is 7.97. The highest BCUT2D eigenvalue weighted by Gasteiger charge is 2.49. The second kappa shape index (κ2) is 10.7. The van der Waals surface area contributed by atoms with Crippen LogP contribution in [0.5, 0.6) is 5.75 Å². The van der Waals surface area contributed by atoms with Crippen LogP contribution < -0.4 is 15.5 Å². The number of nitrogens with one attached hydrogen (secondary N) is 2. The van der Waals surface area contributed by atoms with Gasteiger partial charge in [-0.25, -0.2) is 19.2 Å². The summed E-state index contributed by atoms with van der Waals surface area (Å²) in [6.07, 6.45) is 1.55. The molecule has 0 saturated carbocycles. The molecule has 8 nitrogen and oxygen atoms in total. The second-order valence-corrected chi connectivity index (χ2v) is 13.9. The molecule has 0 atom stereocenters. The number of halogens is 2. The number of benzene rings is 2. The lowest BCUT2D eigenvalue weighted by atomic mass is 9.73. The summed E-state index contributed by atoms with van der Waals surface area (Å²) < 4.78 is 15.0. The minimum absolute atomic E-state index is 0.0532. The topological polar surface area (TPSA) is 93.6 Å². The van der Waals surface area contributed by atoms with Gasteiger partial charge in [0.2, 0.25) is 0 Å². The first-order chi connectivity index (χ1) is 19.9. The number of para-hydroxylation sites is 2. The Labute approximate surface area is 253 Å². The third kappa shape index (κ3) is 5.39. The van der Waals surface area contributed by atoms with Gasteiger partial charge < -0.3 is 20.2 Å². The number of carbonyl (C=O) groups is 1. The molecule has 42 heavy (non-hydrogen) atoms. The number of phenols is 1. The van der Waals surface area contributed by atoms with E-state index in [1.807, 2.05) is 42.2 Å². The maximum absolute atomic E-state index is 15.0. The SMILES string of the molecule is Cc1ccc2nc(NC(=O)Nc3ccccc3N3CC4(CCN(CC(C)(C)C)CC4)c4c(Cl)c(F)cc(O)c43)sc2n1. The van der Waals surface area contributed by atoms with E-state index >= 15 is 0 Å². The van der Waals surface area contributed by atoms with Crippen LogP contribution >= 0.6 is 22.9 Å². The number of piperidine rings is 1. The highest BCUT2D eigenvalue weighted by Crippen LogP contribution is 2.57. The number of urea groups is 1. The largest absolute Gasteiger partial charge is 0.506 e. The molecule has 220 valence electrons. The van der Waals surface area contributed by atoms with Gasteiger partial charge in [0.25, 0.3) is 0 Å². The molecule has 0 unspecified atom stereocenters. The number of anilines is 4. The summed E-state index contributed by atoms with van der Waals surface area (Å²) in [7, 11) is 0. The third-order valence-corrected chi connectivity index (χ3v) is 9.25. The van der Waals surface area contributed by atoms with Crippen molar-refractivity contribution in [1.82, 2.24) is 14.9 Å². The number of carbonyl (C=O) groups excluding carboxylic acids is 1. The lowest BCUT2D eigenvalue weighted by molar-refractivity contribution is 0.125. The van der Waals surface area contributed by atoms with Gasteiger partial charge in [-0.3, -0.25) is 5.32 Å². The fraction of sp³-hybridized carbons (Fsp3) is 0.387. The molecule has 2 aliphatic heterocycles. The summed E-state index contributed by atoms with van der Waals surface area (Å²) in [5.41, 5.74) is 3.68. The molecule has 1 spiro atoms. The number of thiazole rings is 1. The van der Waals surface area contributed by atoms with Gasteiger partial charge in [-0.15, -0.1) is 0 Å². The van der Waals surface area contributed by atoms with Crippen LogP contribution in [0.1, 0.15) is 44.9 Å². The van der Waals surface area contributed by atoms with Crippen LogP contribution in [0, 0.1) is 18.2 Å². The fourth-order valence-electron chi connectivity index (χ4n) is 6.27. The van der Waals surface area contributed by atoms with E-state index in [1.165, 1.54) is 11.3 Å². The highest BCUT2D eigenvalue weighted by molar-refractivity contribution is 7.21. The van der Waals surface area contributed by atoms with Gasteiger partial charge in [0.15, 0.2) is 5.13 Å². The number of fused-ring (bicyclic) bond motifs is 3. The van der Waals surface area contributed by atoms with Gasteiger partial charge in [-0.2, -0.15) is 0 Å². The second-order valence-electron chi connectivity index (χ2n) is 12.5. The first-order valence-corrected chi connectivity index (χ1v) is 15.2. The number of likely N-dealkylation sites (tertiary alicyclic amines) is 1. The molecule has 4 aromatic rings. The number of phenolic OH excluding ortho intramolecular Hbond substituents is 1. The first kappa shape index (κ1) is 28.6. The Morgan fingerprint density at radius 1 is 1.14 bits per heavy atom. The predicted octanol–water partition coefficient (Wildman–Crippen LogP) is 7.67. The average molecular weight is 609 g/mol. The van der Waals surface area contributed by atoms with Crippen molar-refractivity contribution in [3.05, 3.63) is 64.6 Å². The smallest absolute Gasteiger partial charge is 0.325 e. The zero-order chi connectivity index (χ0) is 29.8. The van der Waals surface area contributed by atoms with Crippen molar-refractivity contribution in [2.24, 2.45) is 5.41 Å². The lowest BCUT2D eigenvalue weighted by Crippen LogP contribution is -2.47. The average Bonchev–Trinajstić information content (AvgIpc) is 3.46. The molecule has 0 radical (unpaired) electrons. The Hall–Kier alpha value is -3.47. The quantitative estimate of drug-likeness (QED) is 0.220. The van der Waals surface area contributed by atoms with E-state index in [2.05, 4.69) is 46.3 Å².